The van der Waals surface area contributed by atoms with Crippen molar-refractivity contribution in [2.45, 2.75) is 38.7 Å². The summed E-state index contributed by atoms with van der Waals surface area (Å²) in [6, 6.07) is 7.29. The van der Waals surface area contributed by atoms with Gasteiger partial charge in [0.25, 0.3) is 0 Å². The molecule has 1 aromatic rings. The fraction of sp³-hybridized carbons (Fsp3) is 0.500. The van der Waals surface area contributed by atoms with Gasteiger partial charge in [-0.15, -0.1) is 0 Å². The summed E-state index contributed by atoms with van der Waals surface area (Å²) in [6.45, 7) is 0.0388. The molecule has 86 valence electrons. The lowest BCUT2D eigenvalue weighted by atomic mass is 9.96. The van der Waals surface area contributed by atoms with Crippen LogP contribution >= 0.6 is 0 Å². The normalized spacial score (nSPS) is 16.6. The smallest absolute Gasteiger partial charge is 0.163 e. The molecule has 0 atom stereocenters. The van der Waals surface area contributed by atoms with Crippen LogP contribution in [-0.4, -0.2) is 10.9 Å². The first-order valence-corrected chi connectivity index (χ1v) is 6.02. The number of Topliss-reactive ketones (excluding diaryl/α,β-unsaturated/α-hetero) is 1. The maximum atomic E-state index is 11.9. The number of carbonyl (C=O) groups excluding carboxylic acids is 1. The quantitative estimate of drug-likeness (QED) is 0.789. The van der Waals surface area contributed by atoms with Crippen molar-refractivity contribution < 1.29 is 9.90 Å². The predicted octanol–water partition coefficient (Wildman–Crippen LogP) is 2.94. The van der Waals surface area contributed by atoms with Crippen molar-refractivity contribution in [1.29, 1.82) is 0 Å². The lowest BCUT2D eigenvalue weighted by molar-refractivity contribution is 0.0962. The summed E-state index contributed by atoms with van der Waals surface area (Å²) < 4.78 is 0. The van der Waals surface area contributed by atoms with Crippen LogP contribution in [0.25, 0.3) is 0 Å². The molecule has 1 fully saturated rings. The van der Waals surface area contributed by atoms with E-state index in [9.17, 15) is 4.79 Å². The Morgan fingerprint density at radius 1 is 1.19 bits per heavy atom. The minimum absolute atomic E-state index is 0.0388. The van der Waals surface area contributed by atoms with Crippen LogP contribution in [0.4, 0.5) is 0 Å². The maximum absolute atomic E-state index is 11.9. The standard InChI is InChI=1S/C14H18O2/c15-10-12-5-7-13(8-6-12)14(16)9-11-3-1-2-4-11/h5-8,11,15H,1-4,9-10H2. The highest BCUT2D eigenvalue weighted by atomic mass is 16.3. The number of hydrogen-bond donors (Lipinski definition) is 1. The van der Waals surface area contributed by atoms with E-state index >= 15 is 0 Å². The SMILES string of the molecule is O=C(CC1CCCC1)c1ccc(CO)cc1. The molecular weight excluding hydrogens is 200 g/mol. The molecule has 0 unspecified atom stereocenters. The summed E-state index contributed by atoms with van der Waals surface area (Å²) in [6.07, 6.45) is 5.67. The van der Waals surface area contributed by atoms with E-state index in [1.54, 1.807) is 0 Å². The molecule has 0 spiro atoms. The van der Waals surface area contributed by atoms with Crippen LogP contribution in [0.5, 0.6) is 0 Å². The summed E-state index contributed by atoms with van der Waals surface area (Å²) in [5, 5.41) is 8.91. The third-order valence-corrected chi connectivity index (χ3v) is 3.41. The van der Waals surface area contributed by atoms with Crippen LogP contribution in [0.1, 0.15) is 48.0 Å². The number of aliphatic hydroxyl groups is 1. The van der Waals surface area contributed by atoms with Crippen LogP contribution < -0.4 is 0 Å². The Morgan fingerprint density at radius 3 is 2.38 bits per heavy atom. The minimum Gasteiger partial charge on any atom is -0.392 e. The van der Waals surface area contributed by atoms with E-state index in [1.165, 1.54) is 25.7 Å². The van der Waals surface area contributed by atoms with Crippen LogP contribution in [-0.2, 0) is 6.61 Å². The molecule has 0 amide bonds. The van der Waals surface area contributed by atoms with Gasteiger partial charge >= 0.3 is 0 Å². The summed E-state index contributed by atoms with van der Waals surface area (Å²) in [5.74, 6) is 0.849. The van der Waals surface area contributed by atoms with Crippen LogP contribution in [0.3, 0.4) is 0 Å². The highest BCUT2D eigenvalue weighted by Crippen LogP contribution is 2.28. The largest absolute Gasteiger partial charge is 0.392 e. The molecule has 0 aliphatic heterocycles. The number of ketones is 1. The van der Waals surface area contributed by atoms with Gasteiger partial charge in [0, 0.05) is 12.0 Å². The zero-order valence-electron chi connectivity index (χ0n) is 9.48. The second-order valence-electron chi connectivity index (χ2n) is 4.63. The van der Waals surface area contributed by atoms with Crippen molar-refractivity contribution in [3.63, 3.8) is 0 Å². The summed E-state index contributed by atoms with van der Waals surface area (Å²) in [7, 11) is 0. The molecule has 2 nitrogen and oxygen atoms in total. The van der Waals surface area contributed by atoms with E-state index in [4.69, 9.17) is 5.11 Å². The van der Waals surface area contributed by atoms with Gasteiger partial charge < -0.3 is 5.11 Å². The van der Waals surface area contributed by atoms with E-state index in [0.717, 1.165) is 11.1 Å². The van der Waals surface area contributed by atoms with Crippen molar-refractivity contribution in [3.05, 3.63) is 35.4 Å². The second kappa shape index (κ2) is 5.26. The molecule has 0 radical (unpaired) electrons. The van der Waals surface area contributed by atoms with Gasteiger partial charge in [0.2, 0.25) is 0 Å². The van der Waals surface area contributed by atoms with E-state index in [2.05, 4.69) is 0 Å². The van der Waals surface area contributed by atoms with Crippen molar-refractivity contribution >= 4 is 5.78 Å². The molecule has 2 heteroatoms. The number of hydrogen-bond acceptors (Lipinski definition) is 2. The molecule has 1 saturated carbocycles. The summed E-state index contributed by atoms with van der Waals surface area (Å²) in [5.41, 5.74) is 1.64. The van der Waals surface area contributed by atoms with E-state index in [-0.39, 0.29) is 12.4 Å². The Kier molecular flexibility index (Phi) is 3.73. The Morgan fingerprint density at radius 2 is 1.81 bits per heavy atom. The van der Waals surface area contributed by atoms with Gasteiger partial charge in [-0.2, -0.15) is 0 Å². The molecule has 1 aromatic carbocycles. The zero-order valence-corrected chi connectivity index (χ0v) is 9.48. The monoisotopic (exact) mass is 218 g/mol. The maximum Gasteiger partial charge on any atom is 0.163 e. The third-order valence-electron chi connectivity index (χ3n) is 3.41. The average molecular weight is 218 g/mol. The Bertz CT molecular complexity index is 348. The van der Waals surface area contributed by atoms with Crippen molar-refractivity contribution in [2.24, 2.45) is 5.92 Å². The van der Waals surface area contributed by atoms with E-state index in [1.807, 2.05) is 24.3 Å². The fourth-order valence-corrected chi connectivity index (χ4v) is 2.39. The van der Waals surface area contributed by atoms with Crippen molar-refractivity contribution in [1.82, 2.24) is 0 Å². The molecule has 0 bridgehead atoms. The number of aliphatic hydroxyl groups excluding tert-OH is 1. The van der Waals surface area contributed by atoms with Gasteiger partial charge in [-0.05, 0) is 11.5 Å². The molecule has 1 aliphatic rings. The Balaban J connectivity index is 1.97. The van der Waals surface area contributed by atoms with Crippen molar-refractivity contribution in [3.8, 4) is 0 Å². The Hall–Kier alpha value is -1.15. The van der Waals surface area contributed by atoms with E-state index < -0.39 is 0 Å². The van der Waals surface area contributed by atoms with Crippen LogP contribution in [0.2, 0.25) is 0 Å². The van der Waals surface area contributed by atoms with Gasteiger partial charge in [-0.25, -0.2) is 0 Å². The first kappa shape index (κ1) is 11.3. The third kappa shape index (κ3) is 2.70. The highest BCUT2D eigenvalue weighted by molar-refractivity contribution is 5.96. The molecule has 1 N–H and O–H groups in total. The first-order valence-electron chi connectivity index (χ1n) is 6.02. The number of carbonyl (C=O) groups is 1. The molecule has 1 aliphatic carbocycles. The Labute approximate surface area is 96.3 Å². The highest BCUT2D eigenvalue weighted by Gasteiger charge is 2.19. The molecular formula is C14H18O2. The van der Waals surface area contributed by atoms with Gasteiger partial charge in [0.15, 0.2) is 5.78 Å². The van der Waals surface area contributed by atoms with Crippen LogP contribution in [0, 0.1) is 5.92 Å². The average Bonchev–Trinajstić information content (AvgIpc) is 2.82. The fourth-order valence-electron chi connectivity index (χ4n) is 2.39. The number of rotatable bonds is 4. The minimum atomic E-state index is 0.0388. The topological polar surface area (TPSA) is 37.3 Å². The molecule has 0 saturated heterocycles. The molecule has 0 heterocycles. The first-order chi connectivity index (χ1) is 7.79. The van der Waals surface area contributed by atoms with E-state index in [0.29, 0.717) is 12.3 Å². The zero-order chi connectivity index (χ0) is 11.4. The lowest BCUT2D eigenvalue weighted by Crippen LogP contribution is -2.05. The van der Waals surface area contributed by atoms with Crippen LogP contribution in [0.15, 0.2) is 24.3 Å². The molecule has 2 rings (SSSR count). The van der Waals surface area contributed by atoms with Gasteiger partial charge in [-0.3, -0.25) is 4.79 Å². The second-order valence-corrected chi connectivity index (χ2v) is 4.63. The van der Waals surface area contributed by atoms with Crippen molar-refractivity contribution in [2.75, 3.05) is 0 Å². The predicted molar refractivity (Wildman–Crippen MR) is 63.3 cm³/mol. The summed E-state index contributed by atoms with van der Waals surface area (Å²) in [4.78, 5) is 11.9. The van der Waals surface area contributed by atoms with Gasteiger partial charge in [-0.1, -0.05) is 49.9 Å². The van der Waals surface area contributed by atoms with Gasteiger partial charge in [0.05, 0.1) is 6.61 Å². The molecule has 16 heavy (non-hydrogen) atoms. The van der Waals surface area contributed by atoms with Gasteiger partial charge in [0.1, 0.15) is 0 Å². The molecule has 0 aromatic heterocycles. The number of benzene rings is 1. The summed E-state index contributed by atoms with van der Waals surface area (Å²) >= 11 is 0. The lowest BCUT2D eigenvalue weighted by Gasteiger charge is -2.07.